The van der Waals surface area contributed by atoms with Crippen LogP contribution < -0.4 is 14.4 Å². The van der Waals surface area contributed by atoms with Crippen molar-refractivity contribution in [1.29, 1.82) is 0 Å². The molecule has 0 bridgehead atoms. The Morgan fingerprint density at radius 1 is 1.21 bits per heavy atom. The first-order chi connectivity index (χ1) is 13.1. The SMILES string of the molecule is CN1c2ccc(C(=O)Nc3cccc4c3OCCC4=O)cc2C(C)(C)S1(=O)=O. The molecule has 0 radical (unpaired) electrons. The number of carbonyl (C=O) groups excluding carboxylic acids is 2. The number of ether oxygens (including phenoxy) is 1. The molecule has 0 saturated heterocycles. The van der Waals surface area contributed by atoms with Crippen LogP contribution in [0.1, 0.15) is 46.5 Å². The van der Waals surface area contributed by atoms with Crippen molar-refractivity contribution >= 4 is 33.1 Å². The van der Waals surface area contributed by atoms with Crippen molar-refractivity contribution in [3.63, 3.8) is 0 Å². The highest BCUT2D eigenvalue weighted by Crippen LogP contribution is 2.46. The molecule has 0 unspecified atom stereocenters. The highest BCUT2D eigenvalue weighted by molar-refractivity contribution is 7.94. The van der Waals surface area contributed by atoms with Gasteiger partial charge in [0.1, 0.15) is 4.75 Å². The van der Waals surface area contributed by atoms with Crippen LogP contribution in [-0.2, 0) is 14.8 Å². The predicted molar refractivity (Wildman–Crippen MR) is 106 cm³/mol. The molecule has 0 spiro atoms. The van der Waals surface area contributed by atoms with Gasteiger partial charge in [0.15, 0.2) is 11.5 Å². The lowest BCUT2D eigenvalue weighted by Crippen LogP contribution is -2.33. The maximum absolute atomic E-state index is 12.8. The molecule has 1 amide bonds. The monoisotopic (exact) mass is 400 g/mol. The summed E-state index contributed by atoms with van der Waals surface area (Å²) in [4.78, 5) is 24.9. The van der Waals surface area contributed by atoms with E-state index in [0.717, 1.165) is 0 Å². The number of anilines is 2. The summed E-state index contributed by atoms with van der Waals surface area (Å²) in [5, 5.41) is 2.78. The molecule has 0 atom stereocenters. The lowest BCUT2D eigenvalue weighted by Gasteiger charge is -2.20. The van der Waals surface area contributed by atoms with E-state index >= 15 is 0 Å². The zero-order valence-electron chi connectivity index (χ0n) is 15.8. The second-order valence-electron chi connectivity index (χ2n) is 7.37. The number of nitrogens with zero attached hydrogens (tertiary/aromatic N) is 1. The van der Waals surface area contributed by atoms with E-state index in [1.807, 2.05) is 0 Å². The predicted octanol–water partition coefficient (Wildman–Crippen LogP) is 2.92. The van der Waals surface area contributed by atoms with Crippen LogP contribution in [0.3, 0.4) is 0 Å². The molecule has 1 N–H and O–H groups in total. The fraction of sp³-hybridized carbons (Fsp3) is 0.300. The minimum Gasteiger partial charge on any atom is -0.490 e. The molecule has 8 heteroatoms. The number of hydrogen-bond donors (Lipinski definition) is 1. The standard InChI is InChI=1S/C20H20N2O5S/c1-20(2)14-11-12(7-8-16(14)22(3)28(20,25)26)19(24)21-15-6-4-5-13-17(23)9-10-27-18(13)15/h4-8,11H,9-10H2,1-3H3,(H,21,24). The van der Waals surface area contributed by atoms with Crippen molar-refractivity contribution in [3.05, 3.63) is 53.1 Å². The first-order valence-corrected chi connectivity index (χ1v) is 10.3. The molecule has 0 saturated carbocycles. The van der Waals surface area contributed by atoms with Crippen LogP contribution in [0, 0.1) is 0 Å². The van der Waals surface area contributed by atoms with Crippen molar-refractivity contribution in [2.45, 2.75) is 25.0 Å². The number of amides is 1. The third-order valence-corrected chi connectivity index (χ3v) is 7.82. The summed E-state index contributed by atoms with van der Waals surface area (Å²) < 4.78 is 30.9. The zero-order chi connectivity index (χ0) is 20.3. The molecule has 2 aromatic rings. The van der Waals surface area contributed by atoms with Crippen LogP contribution in [0.5, 0.6) is 5.75 Å². The van der Waals surface area contributed by atoms with E-state index in [2.05, 4.69) is 5.32 Å². The number of carbonyl (C=O) groups is 2. The number of ketones is 1. The van der Waals surface area contributed by atoms with E-state index in [9.17, 15) is 18.0 Å². The molecule has 0 aliphatic carbocycles. The lowest BCUT2D eigenvalue weighted by molar-refractivity contribution is 0.0931. The second kappa shape index (κ2) is 6.07. The topological polar surface area (TPSA) is 92.8 Å². The maximum Gasteiger partial charge on any atom is 0.255 e. The average Bonchev–Trinajstić information content (AvgIpc) is 2.80. The Bertz CT molecular complexity index is 1120. The van der Waals surface area contributed by atoms with Gasteiger partial charge in [-0.1, -0.05) is 6.07 Å². The van der Waals surface area contributed by atoms with Crippen LogP contribution in [0.15, 0.2) is 36.4 Å². The number of benzene rings is 2. The molecule has 28 heavy (non-hydrogen) atoms. The van der Waals surface area contributed by atoms with E-state index < -0.39 is 20.7 Å². The number of Topliss-reactive ketones (excluding diaryl/α,β-unsaturated/α-hetero) is 1. The van der Waals surface area contributed by atoms with Gasteiger partial charge in [-0.05, 0) is 49.7 Å². The Kier molecular flexibility index (Phi) is 4.01. The Morgan fingerprint density at radius 2 is 1.96 bits per heavy atom. The first kappa shape index (κ1) is 18.5. The highest BCUT2D eigenvalue weighted by Gasteiger charge is 2.48. The number of fused-ring (bicyclic) bond motifs is 2. The molecule has 7 nitrogen and oxygen atoms in total. The molecule has 2 aromatic carbocycles. The smallest absolute Gasteiger partial charge is 0.255 e. The van der Waals surface area contributed by atoms with Crippen molar-refractivity contribution in [3.8, 4) is 5.75 Å². The van der Waals surface area contributed by atoms with Crippen LogP contribution in [0.2, 0.25) is 0 Å². The molecule has 146 valence electrons. The van der Waals surface area contributed by atoms with Gasteiger partial charge < -0.3 is 10.1 Å². The van der Waals surface area contributed by atoms with Gasteiger partial charge in [0.25, 0.3) is 5.91 Å². The molecule has 4 rings (SSSR count). The number of rotatable bonds is 2. The molecular formula is C20H20N2O5S. The summed E-state index contributed by atoms with van der Waals surface area (Å²) in [7, 11) is -2.03. The Morgan fingerprint density at radius 3 is 2.71 bits per heavy atom. The Balaban J connectivity index is 1.69. The van der Waals surface area contributed by atoms with E-state index in [1.54, 1.807) is 50.2 Å². The summed E-state index contributed by atoms with van der Waals surface area (Å²) in [6.45, 7) is 3.52. The van der Waals surface area contributed by atoms with Crippen LogP contribution in [0.4, 0.5) is 11.4 Å². The van der Waals surface area contributed by atoms with Crippen LogP contribution >= 0.6 is 0 Å². The summed E-state index contributed by atoms with van der Waals surface area (Å²) in [6, 6.07) is 9.86. The van der Waals surface area contributed by atoms with Gasteiger partial charge in [-0.2, -0.15) is 0 Å². The normalized spacial score (nSPS) is 18.8. The summed E-state index contributed by atoms with van der Waals surface area (Å²) >= 11 is 0. The first-order valence-electron chi connectivity index (χ1n) is 8.88. The largest absolute Gasteiger partial charge is 0.490 e. The van der Waals surface area contributed by atoms with Crippen molar-refractivity contribution in [1.82, 2.24) is 0 Å². The van der Waals surface area contributed by atoms with E-state index in [0.29, 0.717) is 40.2 Å². The van der Waals surface area contributed by atoms with Gasteiger partial charge >= 0.3 is 0 Å². The van der Waals surface area contributed by atoms with Gasteiger partial charge in [-0.25, -0.2) is 8.42 Å². The number of hydrogen-bond acceptors (Lipinski definition) is 5. The average molecular weight is 400 g/mol. The lowest BCUT2D eigenvalue weighted by atomic mass is 9.97. The Labute approximate surface area is 163 Å². The molecule has 2 aliphatic rings. The van der Waals surface area contributed by atoms with Crippen molar-refractivity contribution in [2.75, 3.05) is 23.3 Å². The third kappa shape index (κ3) is 2.51. The van der Waals surface area contributed by atoms with Gasteiger partial charge in [0, 0.05) is 19.0 Å². The second-order valence-corrected chi connectivity index (χ2v) is 9.89. The fourth-order valence-corrected chi connectivity index (χ4v) is 5.17. The zero-order valence-corrected chi connectivity index (χ0v) is 16.6. The van der Waals surface area contributed by atoms with Gasteiger partial charge in [0.05, 0.1) is 23.5 Å². The summed E-state index contributed by atoms with van der Waals surface area (Å²) in [6.07, 6.45) is 0.312. The fourth-order valence-electron chi connectivity index (χ4n) is 3.63. The molecule has 2 aliphatic heterocycles. The third-order valence-electron chi connectivity index (χ3n) is 5.39. The maximum atomic E-state index is 12.8. The molecule has 0 fully saturated rings. The van der Waals surface area contributed by atoms with E-state index in [4.69, 9.17) is 4.74 Å². The van der Waals surface area contributed by atoms with Gasteiger partial charge in [-0.15, -0.1) is 0 Å². The van der Waals surface area contributed by atoms with Crippen molar-refractivity contribution in [2.24, 2.45) is 0 Å². The Hall–Kier alpha value is -2.87. The minimum absolute atomic E-state index is 0.0233. The van der Waals surface area contributed by atoms with Crippen LogP contribution in [-0.4, -0.2) is 33.8 Å². The highest BCUT2D eigenvalue weighted by atomic mass is 32.2. The number of nitrogens with one attached hydrogen (secondary N) is 1. The van der Waals surface area contributed by atoms with Crippen LogP contribution in [0.25, 0.3) is 0 Å². The van der Waals surface area contributed by atoms with Crippen molar-refractivity contribution < 1.29 is 22.7 Å². The quantitative estimate of drug-likeness (QED) is 0.837. The molecule has 2 heterocycles. The van der Waals surface area contributed by atoms with Gasteiger partial charge in [-0.3, -0.25) is 13.9 Å². The van der Waals surface area contributed by atoms with E-state index in [1.165, 1.54) is 11.4 Å². The molecular weight excluding hydrogens is 380 g/mol. The molecule has 0 aromatic heterocycles. The van der Waals surface area contributed by atoms with E-state index in [-0.39, 0.29) is 12.4 Å². The number of para-hydroxylation sites is 1. The van der Waals surface area contributed by atoms with Gasteiger partial charge in [0.2, 0.25) is 10.0 Å². The summed E-state index contributed by atoms with van der Waals surface area (Å²) in [5.74, 6) is -0.0543. The number of sulfonamides is 1. The summed E-state index contributed by atoms with van der Waals surface area (Å²) in [5.41, 5.74) is 2.33. The minimum atomic E-state index is -3.54.